The molecule has 1 fully saturated rings. The van der Waals surface area contributed by atoms with Gasteiger partial charge in [0.05, 0.1) is 6.10 Å². The molecule has 2 heteroatoms. The number of pyridine rings is 1. The fraction of sp³-hybridized carbons (Fsp3) is 0.545. The van der Waals surface area contributed by atoms with Crippen molar-refractivity contribution in [3.05, 3.63) is 30.1 Å². The van der Waals surface area contributed by atoms with Crippen molar-refractivity contribution in [2.24, 2.45) is 0 Å². The van der Waals surface area contributed by atoms with Crippen LogP contribution in [0.5, 0.6) is 0 Å². The molecule has 2 nitrogen and oxygen atoms in total. The first kappa shape index (κ1) is 8.70. The van der Waals surface area contributed by atoms with Crippen LogP contribution in [0.4, 0.5) is 0 Å². The Hall–Kier alpha value is -0.890. The molecule has 0 saturated heterocycles. The van der Waals surface area contributed by atoms with Crippen LogP contribution in [-0.4, -0.2) is 16.2 Å². The van der Waals surface area contributed by atoms with Crippen LogP contribution in [0.3, 0.4) is 0 Å². The van der Waals surface area contributed by atoms with Gasteiger partial charge in [-0.05, 0) is 43.2 Å². The van der Waals surface area contributed by atoms with Crippen LogP contribution < -0.4 is 0 Å². The van der Waals surface area contributed by atoms with E-state index in [1.54, 1.807) is 6.20 Å². The van der Waals surface area contributed by atoms with Gasteiger partial charge < -0.3 is 5.11 Å². The predicted molar refractivity (Wildman–Crippen MR) is 51.5 cm³/mol. The Kier molecular flexibility index (Phi) is 2.60. The number of aliphatic hydroxyl groups is 1. The normalized spacial score (nSPS) is 28.7. The van der Waals surface area contributed by atoms with Gasteiger partial charge in [-0.15, -0.1) is 0 Å². The average Bonchev–Trinajstić information content (AvgIpc) is 2.20. The zero-order valence-corrected chi connectivity index (χ0v) is 7.69. The second-order valence-corrected chi connectivity index (χ2v) is 3.79. The minimum absolute atomic E-state index is 0.0621. The van der Waals surface area contributed by atoms with E-state index in [0.717, 1.165) is 25.7 Å². The van der Waals surface area contributed by atoms with Crippen molar-refractivity contribution in [3.63, 3.8) is 0 Å². The highest BCUT2D eigenvalue weighted by molar-refractivity contribution is 5.15. The van der Waals surface area contributed by atoms with Crippen molar-refractivity contribution < 1.29 is 5.11 Å². The maximum absolute atomic E-state index is 9.36. The standard InChI is InChI=1S/C11H15NO/c13-11-5-3-9(4-6-11)10-2-1-7-12-8-10/h1-2,7-9,11,13H,3-6H2/t9-,11-. The van der Waals surface area contributed by atoms with E-state index in [2.05, 4.69) is 11.1 Å². The Morgan fingerprint density at radius 2 is 2.00 bits per heavy atom. The molecule has 0 aliphatic heterocycles. The van der Waals surface area contributed by atoms with E-state index in [0.29, 0.717) is 5.92 Å². The average molecular weight is 177 g/mol. The first-order valence-corrected chi connectivity index (χ1v) is 4.94. The molecule has 0 spiro atoms. The maximum atomic E-state index is 9.36. The van der Waals surface area contributed by atoms with Gasteiger partial charge >= 0.3 is 0 Å². The topological polar surface area (TPSA) is 33.1 Å². The van der Waals surface area contributed by atoms with E-state index >= 15 is 0 Å². The second-order valence-electron chi connectivity index (χ2n) is 3.79. The molecule has 1 saturated carbocycles. The van der Waals surface area contributed by atoms with Gasteiger partial charge in [-0.25, -0.2) is 0 Å². The van der Waals surface area contributed by atoms with Gasteiger partial charge in [0.2, 0.25) is 0 Å². The fourth-order valence-electron chi connectivity index (χ4n) is 2.03. The zero-order chi connectivity index (χ0) is 9.10. The molecule has 1 aromatic heterocycles. The van der Waals surface area contributed by atoms with Gasteiger partial charge in [-0.1, -0.05) is 6.07 Å². The number of aromatic nitrogens is 1. The van der Waals surface area contributed by atoms with E-state index in [9.17, 15) is 5.11 Å². The monoisotopic (exact) mass is 177 g/mol. The smallest absolute Gasteiger partial charge is 0.0540 e. The number of aliphatic hydroxyl groups excluding tert-OH is 1. The molecule has 1 N–H and O–H groups in total. The van der Waals surface area contributed by atoms with E-state index in [1.165, 1.54) is 5.56 Å². The van der Waals surface area contributed by atoms with E-state index in [4.69, 9.17) is 0 Å². The highest BCUT2D eigenvalue weighted by Gasteiger charge is 2.20. The Morgan fingerprint density at radius 1 is 1.23 bits per heavy atom. The molecule has 0 atom stereocenters. The molecular formula is C11H15NO. The molecule has 1 heterocycles. The summed E-state index contributed by atoms with van der Waals surface area (Å²) in [6.07, 6.45) is 7.79. The zero-order valence-electron chi connectivity index (χ0n) is 7.69. The van der Waals surface area contributed by atoms with Crippen LogP contribution in [0.2, 0.25) is 0 Å². The van der Waals surface area contributed by atoms with Crippen molar-refractivity contribution in [2.75, 3.05) is 0 Å². The highest BCUT2D eigenvalue weighted by Crippen LogP contribution is 2.32. The van der Waals surface area contributed by atoms with Crippen molar-refractivity contribution in [2.45, 2.75) is 37.7 Å². The summed E-state index contributed by atoms with van der Waals surface area (Å²) in [5.74, 6) is 0.622. The van der Waals surface area contributed by atoms with Crippen LogP contribution >= 0.6 is 0 Å². The molecule has 0 unspecified atom stereocenters. The second kappa shape index (κ2) is 3.88. The fourth-order valence-corrected chi connectivity index (χ4v) is 2.03. The van der Waals surface area contributed by atoms with E-state index in [-0.39, 0.29) is 6.10 Å². The molecule has 0 aromatic carbocycles. The molecule has 13 heavy (non-hydrogen) atoms. The summed E-state index contributed by atoms with van der Waals surface area (Å²) in [5, 5.41) is 9.36. The lowest BCUT2D eigenvalue weighted by Crippen LogP contribution is -2.16. The lowest BCUT2D eigenvalue weighted by atomic mass is 9.83. The third-order valence-electron chi connectivity index (χ3n) is 2.85. The minimum atomic E-state index is -0.0621. The number of nitrogens with zero attached hydrogens (tertiary/aromatic N) is 1. The van der Waals surface area contributed by atoms with Crippen molar-refractivity contribution in [1.82, 2.24) is 4.98 Å². The van der Waals surface area contributed by atoms with Crippen LogP contribution in [-0.2, 0) is 0 Å². The van der Waals surface area contributed by atoms with Gasteiger partial charge in [-0.2, -0.15) is 0 Å². The summed E-state index contributed by atoms with van der Waals surface area (Å²) in [7, 11) is 0. The molecule has 2 rings (SSSR count). The Balaban J connectivity index is 2.03. The van der Waals surface area contributed by atoms with Gasteiger partial charge in [-0.3, -0.25) is 4.98 Å². The number of rotatable bonds is 1. The third kappa shape index (κ3) is 2.07. The summed E-state index contributed by atoms with van der Waals surface area (Å²) in [4.78, 5) is 4.12. The quantitative estimate of drug-likeness (QED) is 0.712. The summed E-state index contributed by atoms with van der Waals surface area (Å²) in [5.41, 5.74) is 1.33. The molecule has 1 aliphatic rings. The van der Waals surface area contributed by atoms with Crippen molar-refractivity contribution in [1.29, 1.82) is 0 Å². The molecule has 0 bridgehead atoms. The highest BCUT2D eigenvalue weighted by atomic mass is 16.3. The van der Waals surface area contributed by atoms with Gasteiger partial charge in [0.1, 0.15) is 0 Å². The minimum Gasteiger partial charge on any atom is -0.393 e. The van der Waals surface area contributed by atoms with Crippen LogP contribution in [0.15, 0.2) is 24.5 Å². The summed E-state index contributed by atoms with van der Waals surface area (Å²) in [6, 6.07) is 4.12. The van der Waals surface area contributed by atoms with Gasteiger partial charge in [0.15, 0.2) is 0 Å². The number of hydrogen-bond donors (Lipinski definition) is 1. The predicted octanol–water partition coefficient (Wildman–Crippen LogP) is 2.10. The SMILES string of the molecule is O[C@H]1CC[C@H](c2cccnc2)CC1. The molecule has 70 valence electrons. The molecular weight excluding hydrogens is 162 g/mol. The largest absolute Gasteiger partial charge is 0.393 e. The molecule has 1 aromatic rings. The van der Waals surface area contributed by atoms with Gasteiger partial charge in [0, 0.05) is 12.4 Å². The molecule has 1 aliphatic carbocycles. The van der Waals surface area contributed by atoms with E-state index in [1.807, 2.05) is 12.3 Å². The lowest BCUT2D eigenvalue weighted by molar-refractivity contribution is 0.122. The first-order valence-electron chi connectivity index (χ1n) is 4.94. The Morgan fingerprint density at radius 3 is 2.62 bits per heavy atom. The third-order valence-corrected chi connectivity index (χ3v) is 2.85. The van der Waals surface area contributed by atoms with Gasteiger partial charge in [0.25, 0.3) is 0 Å². The lowest BCUT2D eigenvalue weighted by Gasteiger charge is -2.25. The van der Waals surface area contributed by atoms with Crippen LogP contribution in [0.1, 0.15) is 37.2 Å². The first-order chi connectivity index (χ1) is 6.36. The molecule has 0 amide bonds. The Bertz CT molecular complexity index is 252. The molecule has 0 radical (unpaired) electrons. The van der Waals surface area contributed by atoms with Crippen molar-refractivity contribution >= 4 is 0 Å². The van der Waals surface area contributed by atoms with Crippen LogP contribution in [0, 0.1) is 0 Å². The summed E-state index contributed by atoms with van der Waals surface area (Å²) < 4.78 is 0. The summed E-state index contributed by atoms with van der Waals surface area (Å²) >= 11 is 0. The maximum Gasteiger partial charge on any atom is 0.0540 e. The van der Waals surface area contributed by atoms with E-state index < -0.39 is 0 Å². The van der Waals surface area contributed by atoms with Crippen molar-refractivity contribution in [3.8, 4) is 0 Å². The Labute approximate surface area is 78.6 Å². The van der Waals surface area contributed by atoms with Crippen LogP contribution in [0.25, 0.3) is 0 Å². The number of hydrogen-bond acceptors (Lipinski definition) is 2. The summed E-state index contributed by atoms with van der Waals surface area (Å²) in [6.45, 7) is 0.